The number of nitrogens with zero attached hydrogens (tertiary/aromatic N) is 2. The summed E-state index contributed by atoms with van der Waals surface area (Å²) in [7, 11) is 0. The van der Waals surface area contributed by atoms with Crippen molar-refractivity contribution in [1.82, 2.24) is 9.88 Å². The van der Waals surface area contributed by atoms with Crippen molar-refractivity contribution >= 4 is 16.9 Å². The van der Waals surface area contributed by atoms with Crippen LogP contribution in [0.25, 0.3) is 10.8 Å². The molecule has 4 aromatic rings. The molecule has 0 spiro atoms. The van der Waals surface area contributed by atoms with Gasteiger partial charge in [0, 0.05) is 36.7 Å². The normalized spacial score (nSPS) is 17.1. The Balaban J connectivity index is 1.18. The molecule has 1 fully saturated rings. The minimum atomic E-state index is -0.548. The highest BCUT2D eigenvalue weighted by Crippen LogP contribution is 2.33. The molecule has 1 aliphatic rings. The molecule has 0 bridgehead atoms. The predicted molar refractivity (Wildman–Crippen MR) is 168 cm³/mol. The summed E-state index contributed by atoms with van der Waals surface area (Å²) in [5.41, 5.74) is 2.89. The van der Waals surface area contributed by atoms with Crippen molar-refractivity contribution in [2.24, 2.45) is 0 Å². The molecule has 0 saturated carbocycles. The van der Waals surface area contributed by atoms with Crippen LogP contribution >= 0.6 is 0 Å². The number of likely N-dealkylation sites (tertiary alicyclic amines) is 1. The first-order valence-electron chi connectivity index (χ1n) is 15.1. The third-order valence-corrected chi connectivity index (χ3v) is 7.50. The second-order valence-electron chi connectivity index (χ2n) is 12.0. The Labute approximate surface area is 254 Å². The molecule has 1 saturated heterocycles. The molecule has 2 heterocycles. The molecule has 2 unspecified atom stereocenters. The van der Waals surface area contributed by atoms with Crippen LogP contribution in [0.15, 0.2) is 91.3 Å². The molecule has 0 radical (unpaired) electrons. The van der Waals surface area contributed by atoms with Crippen LogP contribution in [0.4, 0.5) is 4.79 Å². The second kappa shape index (κ2) is 14.5. The largest absolute Gasteiger partial charge is 0.494 e. The SMILES string of the molecule is CC(C)(C)OC(=O)N1CCC(c2ccc(OCCCOCc3ccccc3)cc2)C(OCc2ccc3cnccc3c2)C1. The van der Waals surface area contributed by atoms with Gasteiger partial charge in [0.1, 0.15) is 11.4 Å². The van der Waals surface area contributed by atoms with Crippen molar-refractivity contribution in [3.05, 3.63) is 108 Å². The Bertz CT molecular complexity index is 1450. The van der Waals surface area contributed by atoms with E-state index in [4.69, 9.17) is 18.9 Å². The molecule has 7 nitrogen and oxygen atoms in total. The summed E-state index contributed by atoms with van der Waals surface area (Å²) < 4.78 is 24.0. The van der Waals surface area contributed by atoms with Gasteiger partial charge in [-0.25, -0.2) is 4.79 Å². The van der Waals surface area contributed by atoms with Gasteiger partial charge in [0.05, 0.1) is 39.1 Å². The zero-order valence-corrected chi connectivity index (χ0v) is 25.4. The number of amides is 1. The molecule has 3 aromatic carbocycles. The number of carbonyl (C=O) groups is 1. The van der Waals surface area contributed by atoms with E-state index in [2.05, 4.69) is 47.4 Å². The number of benzene rings is 3. The van der Waals surface area contributed by atoms with Gasteiger partial charge in [0.15, 0.2) is 0 Å². The lowest BCUT2D eigenvalue weighted by atomic mass is 9.87. The third-order valence-electron chi connectivity index (χ3n) is 7.50. The molecule has 1 aromatic heterocycles. The Hall–Kier alpha value is -3.94. The lowest BCUT2D eigenvalue weighted by molar-refractivity contribution is -0.0359. The van der Waals surface area contributed by atoms with Crippen LogP contribution in [-0.2, 0) is 27.4 Å². The van der Waals surface area contributed by atoms with Crippen LogP contribution in [0.5, 0.6) is 5.75 Å². The maximum absolute atomic E-state index is 12.9. The number of ether oxygens (including phenoxy) is 4. The van der Waals surface area contributed by atoms with Crippen LogP contribution in [-0.4, -0.2) is 54.0 Å². The highest BCUT2D eigenvalue weighted by Gasteiger charge is 2.35. The fraction of sp³-hybridized carbons (Fsp3) is 0.389. The topological polar surface area (TPSA) is 70.1 Å². The zero-order chi connectivity index (χ0) is 30.1. The van der Waals surface area contributed by atoms with Gasteiger partial charge < -0.3 is 23.8 Å². The number of hydrogen-bond acceptors (Lipinski definition) is 6. The first kappa shape index (κ1) is 30.5. The summed E-state index contributed by atoms with van der Waals surface area (Å²) >= 11 is 0. The summed E-state index contributed by atoms with van der Waals surface area (Å²) in [5, 5.41) is 2.23. The van der Waals surface area contributed by atoms with Gasteiger partial charge in [0.25, 0.3) is 0 Å². The van der Waals surface area contributed by atoms with Crippen molar-refractivity contribution in [2.45, 2.75) is 64.4 Å². The van der Waals surface area contributed by atoms with E-state index in [0.29, 0.717) is 39.5 Å². The van der Waals surface area contributed by atoms with Gasteiger partial charge in [-0.1, -0.05) is 54.6 Å². The zero-order valence-electron chi connectivity index (χ0n) is 25.4. The van der Waals surface area contributed by atoms with E-state index in [0.717, 1.165) is 34.9 Å². The Morgan fingerprint density at radius 1 is 0.907 bits per heavy atom. The maximum Gasteiger partial charge on any atom is 0.410 e. The number of fused-ring (bicyclic) bond motifs is 1. The molecule has 2 atom stereocenters. The maximum atomic E-state index is 12.9. The number of pyridine rings is 1. The van der Waals surface area contributed by atoms with Crippen molar-refractivity contribution in [3.63, 3.8) is 0 Å². The van der Waals surface area contributed by atoms with E-state index >= 15 is 0 Å². The van der Waals surface area contributed by atoms with Crippen LogP contribution < -0.4 is 4.74 Å². The Kier molecular flexibility index (Phi) is 10.3. The number of hydrogen-bond donors (Lipinski definition) is 0. The summed E-state index contributed by atoms with van der Waals surface area (Å²) in [6.07, 6.45) is 4.79. The van der Waals surface area contributed by atoms with Crippen LogP contribution in [0.2, 0.25) is 0 Å². The van der Waals surface area contributed by atoms with E-state index in [1.165, 1.54) is 11.1 Å². The fourth-order valence-corrected chi connectivity index (χ4v) is 5.31. The summed E-state index contributed by atoms with van der Waals surface area (Å²) in [5.74, 6) is 0.977. The lowest BCUT2D eigenvalue weighted by Crippen LogP contribution is -2.48. The minimum Gasteiger partial charge on any atom is -0.494 e. The lowest BCUT2D eigenvalue weighted by Gasteiger charge is -2.39. The van der Waals surface area contributed by atoms with Gasteiger partial charge >= 0.3 is 6.09 Å². The minimum absolute atomic E-state index is 0.142. The second-order valence-corrected chi connectivity index (χ2v) is 12.0. The van der Waals surface area contributed by atoms with Crippen molar-refractivity contribution < 1.29 is 23.7 Å². The van der Waals surface area contributed by atoms with Crippen LogP contribution in [0.3, 0.4) is 0 Å². The van der Waals surface area contributed by atoms with Crippen LogP contribution in [0.1, 0.15) is 56.2 Å². The highest BCUT2D eigenvalue weighted by molar-refractivity contribution is 5.81. The molecular formula is C36H42N2O5. The number of piperidine rings is 1. The van der Waals surface area contributed by atoms with Crippen molar-refractivity contribution in [3.8, 4) is 5.75 Å². The van der Waals surface area contributed by atoms with Crippen molar-refractivity contribution in [2.75, 3.05) is 26.3 Å². The number of carbonyl (C=O) groups excluding carboxylic acids is 1. The number of rotatable bonds is 11. The summed E-state index contributed by atoms with van der Waals surface area (Å²) in [4.78, 5) is 18.9. The quantitative estimate of drug-likeness (QED) is 0.170. The third kappa shape index (κ3) is 9.02. The number of aromatic nitrogens is 1. The fourth-order valence-electron chi connectivity index (χ4n) is 5.31. The Morgan fingerprint density at radius 3 is 2.51 bits per heavy atom. The standard InChI is InChI=1S/C36H42N2O5/c1-36(2,3)43-35(39)38-19-17-33(34(24-38)42-26-28-10-11-31-23-37-18-16-30(31)22-28)29-12-14-32(15-13-29)41-21-7-20-40-25-27-8-5-4-6-9-27/h4-6,8-16,18,22-23,33-34H,7,17,19-21,24-26H2,1-3H3. The van der Waals surface area contributed by atoms with Gasteiger partial charge in [-0.05, 0) is 73.5 Å². The summed E-state index contributed by atoms with van der Waals surface area (Å²) in [6.45, 7) is 9.07. The first-order valence-corrected chi connectivity index (χ1v) is 15.1. The smallest absolute Gasteiger partial charge is 0.410 e. The molecule has 0 N–H and O–H groups in total. The average molecular weight is 583 g/mol. The molecule has 0 aliphatic carbocycles. The molecule has 226 valence electrons. The van der Waals surface area contributed by atoms with E-state index in [-0.39, 0.29) is 18.1 Å². The molecule has 1 amide bonds. The van der Waals surface area contributed by atoms with Gasteiger partial charge in [0.2, 0.25) is 0 Å². The van der Waals surface area contributed by atoms with E-state index < -0.39 is 5.60 Å². The molecule has 5 rings (SSSR count). The molecule has 1 aliphatic heterocycles. The average Bonchev–Trinajstić information content (AvgIpc) is 3.01. The van der Waals surface area contributed by atoms with E-state index in [1.54, 1.807) is 11.1 Å². The van der Waals surface area contributed by atoms with E-state index in [9.17, 15) is 4.79 Å². The van der Waals surface area contributed by atoms with Gasteiger partial charge in [-0.2, -0.15) is 0 Å². The van der Waals surface area contributed by atoms with Crippen molar-refractivity contribution in [1.29, 1.82) is 0 Å². The monoisotopic (exact) mass is 582 g/mol. The van der Waals surface area contributed by atoms with Crippen LogP contribution in [0, 0.1) is 0 Å². The first-order chi connectivity index (χ1) is 20.8. The summed E-state index contributed by atoms with van der Waals surface area (Å²) in [6, 6.07) is 26.8. The van der Waals surface area contributed by atoms with Gasteiger partial charge in [-0.15, -0.1) is 0 Å². The highest BCUT2D eigenvalue weighted by atomic mass is 16.6. The predicted octanol–water partition coefficient (Wildman–Crippen LogP) is 7.53. The molecule has 7 heteroatoms. The van der Waals surface area contributed by atoms with E-state index in [1.807, 2.05) is 63.4 Å². The molecular weight excluding hydrogens is 540 g/mol. The Morgan fingerprint density at radius 2 is 1.72 bits per heavy atom. The molecule has 43 heavy (non-hydrogen) atoms. The van der Waals surface area contributed by atoms with Gasteiger partial charge in [-0.3, -0.25) is 4.98 Å².